The minimum Gasteiger partial charge on any atom is -0.460 e. The molecular formula is C10H11NO5. The second-order valence-electron chi connectivity index (χ2n) is 3.12. The molecule has 0 saturated heterocycles. The molecule has 0 aliphatic rings. The standard InChI is InChI=1S/C10H11NO5/c1-7-2-3-8(11(14)15)6-9(7)10(13)16-5-4-12/h2-3,6,12H,4-5H2,1H3. The number of nitro benzene ring substituents is 1. The van der Waals surface area contributed by atoms with Crippen molar-refractivity contribution in [2.45, 2.75) is 6.92 Å². The van der Waals surface area contributed by atoms with Crippen molar-refractivity contribution >= 4 is 11.7 Å². The van der Waals surface area contributed by atoms with E-state index in [-0.39, 0.29) is 24.5 Å². The van der Waals surface area contributed by atoms with Gasteiger partial charge in [0.1, 0.15) is 6.61 Å². The van der Waals surface area contributed by atoms with Crippen LogP contribution in [0.25, 0.3) is 0 Å². The van der Waals surface area contributed by atoms with Crippen LogP contribution < -0.4 is 0 Å². The Bertz CT molecular complexity index is 416. The minimum atomic E-state index is -0.671. The largest absolute Gasteiger partial charge is 0.460 e. The maximum absolute atomic E-state index is 11.4. The van der Waals surface area contributed by atoms with Crippen molar-refractivity contribution in [3.05, 3.63) is 39.4 Å². The van der Waals surface area contributed by atoms with E-state index in [1.54, 1.807) is 6.92 Å². The molecule has 6 heteroatoms. The predicted molar refractivity (Wildman–Crippen MR) is 55.2 cm³/mol. The molecule has 16 heavy (non-hydrogen) atoms. The number of non-ortho nitro benzene ring substituents is 1. The van der Waals surface area contributed by atoms with Gasteiger partial charge in [-0.25, -0.2) is 4.79 Å². The molecule has 1 rings (SSSR count). The third-order valence-corrected chi connectivity index (χ3v) is 1.98. The lowest BCUT2D eigenvalue weighted by atomic mass is 10.1. The molecule has 0 bridgehead atoms. The molecule has 0 saturated carbocycles. The number of carbonyl (C=O) groups is 1. The summed E-state index contributed by atoms with van der Waals surface area (Å²) in [6.45, 7) is 1.25. The van der Waals surface area contributed by atoms with E-state index in [0.717, 1.165) is 6.07 Å². The third-order valence-electron chi connectivity index (χ3n) is 1.98. The maximum atomic E-state index is 11.4. The lowest BCUT2D eigenvalue weighted by molar-refractivity contribution is -0.384. The molecule has 0 fully saturated rings. The zero-order valence-corrected chi connectivity index (χ0v) is 8.67. The number of carbonyl (C=O) groups excluding carboxylic acids is 1. The number of aliphatic hydroxyl groups excluding tert-OH is 1. The van der Waals surface area contributed by atoms with Crippen LogP contribution in [0.2, 0.25) is 0 Å². The third kappa shape index (κ3) is 2.77. The molecule has 0 unspecified atom stereocenters. The molecule has 1 aromatic carbocycles. The number of benzene rings is 1. The fraction of sp³-hybridized carbons (Fsp3) is 0.300. The molecule has 6 nitrogen and oxygen atoms in total. The first-order chi connectivity index (χ1) is 7.56. The fourth-order valence-electron chi connectivity index (χ4n) is 1.16. The highest BCUT2D eigenvalue weighted by Crippen LogP contribution is 2.17. The van der Waals surface area contributed by atoms with Crippen LogP contribution in [-0.4, -0.2) is 29.2 Å². The summed E-state index contributed by atoms with van der Waals surface area (Å²) in [6, 6.07) is 3.96. The van der Waals surface area contributed by atoms with Gasteiger partial charge in [-0.3, -0.25) is 10.1 Å². The van der Waals surface area contributed by atoms with Gasteiger partial charge in [0.05, 0.1) is 17.1 Å². The van der Waals surface area contributed by atoms with Gasteiger partial charge >= 0.3 is 5.97 Å². The Balaban J connectivity index is 2.97. The van der Waals surface area contributed by atoms with Gasteiger partial charge in [0.2, 0.25) is 0 Å². The molecule has 0 amide bonds. The van der Waals surface area contributed by atoms with E-state index in [1.165, 1.54) is 12.1 Å². The Morgan fingerprint density at radius 2 is 2.25 bits per heavy atom. The van der Waals surface area contributed by atoms with Crippen LogP contribution in [0.5, 0.6) is 0 Å². The normalized spacial score (nSPS) is 9.88. The molecule has 0 radical (unpaired) electrons. The summed E-state index contributed by atoms with van der Waals surface area (Å²) in [4.78, 5) is 21.4. The number of ether oxygens (including phenoxy) is 1. The van der Waals surface area contributed by atoms with Crippen molar-refractivity contribution in [2.24, 2.45) is 0 Å². The van der Waals surface area contributed by atoms with Gasteiger partial charge in [0.15, 0.2) is 0 Å². The van der Waals surface area contributed by atoms with Gasteiger partial charge < -0.3 is 9.84 Å². The second-order valence-corrected chi connectivity index (χ2v) is 3.12. The van der Waals surface area contributed by atoms with Gasteiger partial charge in [-0.1, -0.05) is 6.07 Å². The van der Waals surface area contributed by atoms with Gasteiger partial charge in [-0.15, -0.1) is 0 Å². The average molecular weight is 225 g/mol. The minimum absolute atomic E-state index is 0.124. The van der Waals surface area contributed by atoms with E-state index in [9.17, 15) is 14.9 Å². The topological polar surface area (TPSA) is 89.7 Å². The Kier molecular flexibility index (Phi) is 3.96. The van der Waals surface area contributed by atoms with E-state index in [1.807, 2.05) is 0 Å². The van der Waals surface area contributed by atoms with E-state index in [0.29, 0.717) is 5.56 Å². The first-order valence-electron chi connectivity index (χ1n) is 4.59. The SMILES string of the molecule is Cc1ccc([N+](=O)[O-])cc1C(=O)OCCO. The number of esters is 1. The quantitative estimate of drug-likeness (QED) is 0.470. The van der Waals surface area contributed by atoms with Crippen LogP contribution in [0.1, 0.15) is 15.9 Å². The summed E-state index contributed by atoms with van der Waals surface area (Å²) in [6.07, 6.45) is 0. The van der Waals surface area contributed by atoms with E-state index in [2.05, 4.69) is 4.74 Å². The molecule has 1 N–H and O–H groups in total. The number of aliphatic hydroxyl groups is 1. The number of hydrogen-bond acceptors (Lipinski definition) is 5. The van der Waals surface area contributed by atoms with Crippen molar-refractivity contribution in [2.75, 3.05) is 13.2 Å². The molecule has 86 valence electrons. The van der Waals surface area contributed by atoms with Gasteiger partial charge in [0, 0.05) is 12.1 Å². The summed E-state index contributed by atoms with van der Waals surface area (Å²) in [5.41, 5.74) is 0.567. The number of aryl methyl sites for hydroxylation is 1. The number of rotatable bonds is 4. The Morgan fingerprint density at radius 1 is 1.56 bits per heavy atom. The van der Waals surface area contributed by atoms with Crippen LogP contribution in [0.3, 0.4) is 0 Å². The van der Waals surface area contributed by atoms with Gasteiger partial charge in [-0.05, 0) is 12.5 Å². The number of hydrogen-bond donors (Lipinski definition) is 1. The average Bonchev–Trinajstić information content (AvgIpc) is 2.26. The van der Waals surface area contributed by atoms with Crippen LogP contribution in [0.4, 0.5) is 5.69 Å². The Hall–Kier alpha value is -1.95. The van der Waals surface area contributed by atoms with Crippen LogP contribution in [-0.2, 0) is 4.74 Å². The van der Waals surface area contributed by atoms with Crippen molar-refractivity contribution in [3.8, 4) is 0 Å². The summed E-state index contributed by atoms with van der Waals surface area (Å²) in [5, 5.41) is 19.0. The zero-order valence-electron chi connectivity index (χ0n) is 8.67. The number of nitro groups is 1. The highest BCUT2D eigenvalue weighted by Gasteiger charge is 2.15. The van der Waals surface area contributed by atoms with Crippen LogP contribution in [0.15, 0.2) is 18.2 Å². The second kappa shape index (κ2) is 5.22. The van der Waals surface area contributed by atoms with Crippen LogP contribution >= 0.6 is 0 Å². The van der Waals surface area contributed by atoms with Crippen LogP contribution in [0, 0.1) is 17.0 Å². The fourth-order valence-corrected chi connectivity index (χ4v) is 1.16. The monoisotopic (exact) mass is 225 g/mol. The van der Waals surface area contributed by atoms with Crippen molar-refractivity contribution in [1.82, 2.24) is 0 Å². The smallest absolute Gasteiger partial charge is 0.338 e. The van der Waals surface area contributed by atoms with Crippen molar-refractivity contribution < 1.29 is 19.6 Å². The molecule has 0 aliphatic heterocycles. The highest BCUT2D eigenvalue weighted by atomic mass is 16.6. The molecule has 0 aromatic heterocycles. The highest BCUT2D eigenvalue weighted by molar-refractivity contribution is 5.91. The van der Waals surface area contributed by atoms with E-state index >= 15 is 0 Å². The Morgan fingerprint density at radius 3 is 2.81 bits per heavy atom. The zero-order chi connectivity index (χ0) is 12.1. The summed E-state index contributed by atoms with van der Waals surface area (Å²) >= 11 is 0. The predicted octanol–water partition coefficient (Wildman–Crippen LogP) is 1.05. The summed E-state index contributed by atoms with van der Waals surface area (Å²) in [7, 11) is 0. The van der Waals surface area contributed by atoms with Gasteiger partial charge in [-0.2, -0.15) is 0 Å². The maximum Gasteiger partial charge on any atom is 0.338 e. The molecule has 0 aliphatic carbocycles. The number of nitrogens with zero attached hydrogens (tertiary/aromatic N) is 1. The molecule has 1 aromatic rings. The van der Waals surface area contributed by atoms with Crippen molar-refractivity contribution in [1.29, 1.82) is 0 Å². The molecule has 0 atom stereocenters. The van der Waals surface area contributed by atoms with Gasteiger partial charge in [0.25, 0.3) is 5.69 Å². The summed E-state index contributed by atoms with van der Waals surface area (Å²) < 4.78 is 4.68. The lowest BCUT2D eigenvalue weighted by Crippen LogP contribution is -2.10. The summed E-state index contributed by atoms with van der Waals surface area (Å²) in [5.74, 6) is -0.671. The Labute approximate surface area is 91.6 Å². The first-order valence-corrected chi connectivity index (χ1v) is 4.59. The molecule has 0 heterocycles. The van der Waals surface area contributed by atoms with E-state index in [4.69, 9.17) is 5.11 Å². The van der Waals surface area contributed by atoms with Crippen molar-refractivity contribution in [3.63, 3.8) is 0 Å². The molecule has 0 spiro atoms. The lowest BCUT2D eigenvalue weighted by Gasteiger charge is -2.05. The van der Waals surface area contributed by atoms with E-state index < -0.39 is 10.9 Å². The molecular weight excluding hydrogens is 214 g/mol. The first kappa shape index (κ1) is 12.1.